The van der Waals surface area contributed by atoms with Crippen LogP contribution in [0.3, 0.4) is 0 Å². The van der Waals surface area contributed by atoms with Gasteiger partial charge in [-0.05, 0) is 66.5 Å². The average Bonchev–Trinajstić information content (AvgIpc) is 2.84. The first kappa shape index (κ1) is 18.8. The molecule has 2 N–H and O–H groups in total. The number of oxazole rings is 1. The number of aryl methyl sites for hydroxylation is 2. The average molecular weight is 335 g/mol. The van der Waals surface area contributed by atoms with E-state index in [1.165, 1.54) is 12.8 Å². The van der Waals surface area contributed by atoms with Crippen molar-refractivity contribution in [2.75, 3.05) is 26.2 Å². The van der Waals surface area contributed by atoms with Gasteiger partial charge in [-0.1, -0.05) is 0 Å². The second-order valence-electron chi connectivity index (χ2n) is 6.99. The molecular weight excluding hydrogens is 302 g/mol. The largest absolute Gasteiger partial charge is 0.444 e. The number of guanidine groups is 1. The van der Waals surface area contributed by atoms with Gasteiger partial charge in [0.2, 0.25) is 5.89 Å². The molecule has 1 aromatic rings. The zero-order valence-corrected chi connectivity index (χ0v) is 15.9. The van der Waals surface area contributed by atoms with Gasteiger partial charge in [-0.15, -0.1) is 0 Å². The van der Waals surface area contributed by atoms with Gasteiger partial charge >= 0.3 is 0 Å². The van der Waals surface area contributed by atoms with Crippen LogP contribution in [0, 0.1) is 19.8 Å². The standard InChI is InChI=1S/C18H33N5O/c1-6-19-18(21-13(2)3)20-11-16-7-9-23(10-8-16)12-17-22-14(4)15(5)24-17/h13,16H,6-12H2,1-5H3,(H2,19,20,21). The second kappa shape index (κ2) is 9.06. The number of nitrogens with one attached hydrogen (secondary N) is 2. The van der Waals surface area contributed by atoms with Crippen LogP contribution in [-0.2, 0) is 6.54 Å². The minimum absolute atomic E-state index is 0.400. The zero-order valence-electron chi connectivity index (χ0n) is 15.9. The lowest BCUT2D eigenvalue weighted by molar-refractivity contribution is 0.166. The Labute approximate surface area is 146 Å². The third kappa shape index (κ3) is 5.82. The summed E-state index contributed by atoms with van der Waals surface area (Å²) < 4.78 is 5.70. The van der Waals surface area contributed by atoms with E-state index in [-0.39, 0.29) is 0 Å². The summed E-state index contributed by atoms with van der Waals surface area (Å²) in [6, 6.07) is 0.400. The van der Waals surface area contributed by atoms with Gasteiger partial charge in [-0.25, -0.2) is 4.98 Å². The van der Waals surface area contributed by atoms with Crippen LogP contribution in [0.4, 0.5) is 0 Å². The van der Waals surface area contributed by atoms with E-state index < -0.39 is 0 Å². The van der Waals surface area contributed by atoms with E-state index in [0.29, 0.717) is 12.0 Å². The summed E-state index contributed by atoms with van der Waals surface area (Å²) in [7, 11) is 0. The monoisotopic (exact) mass is 335 g/mol. The molecule has 1 saturated heterocycles. The molecule has 1 aliphatic heterocycles. The molecule has 0 amide bonds. The van der Waals surface area contributed by atoms with Crippen molar-refractivity contribution in [3.63, 3.8) is 0 Å². The van der Waals surface area contributed by atoms with Crippen LogP contribution < -0.4 is 10.6 Å². The third-order valence-electron chi connectivity index (χ3n) is 4.42. The van der Waals surface area contributed by atoms with Crippen molar-refractivity contribution in [2.45, 2.75) is 60.0 Å². The smallest absolute Gasteiger partial charge is 0.208 e. The van der Waals surface area contributed by atoms with Crippen molar-refractivity contribution in [2.24, 2.45) is 10.9 Å². The van der Waals surface area contributed by atoms with Crippen molar-refractivity contribution in [3.8, 4) is 0 Å². The van der Waals surface area contributed by atoms with Crippen LogP contribution in [0.5, 0.6) is 0 Å². The fourth-order valence-corrected chi connectivity index (χ4v) is 2.94. The fraction of sp³-hybridized carbons (Fsp3) is 0.778. The summed E-state index contributed by atoms with van der Waals surface area (Å²) >= 11 is 0. The number of hydrogen-bond donors (Lipinski definition) is 2. The number of likely N-dealkylation sites (tertiary alicyclic amines) is 1. The summed E-state index contributed by atoms with van der Waals surface area (Å²) in [6.07, 6.45) is 2.37. The van der Waals surface area contributed by atoms with Crippen LogP contribution in [0.15, 0.2) is 9.41 Å². The molecule has 0 spiro atoms. The maximum absolute atomic E-state index is 5.70. The molecular formula is C18H33N5O. The predicted octanol–water partition coefficient (Wildman–Crippen LogP) is 2.47. The van der Waals surface area contributed by atoms with Gasteiger partial charge in [0.05, 0.1) is 12.2 Å². The number of rotatable bonds is 6. The maximum atomic E-state index is 5.70. The highest BCUT2D eigenvalue weighted by Crippen LogP contribution is 2.20. The predicted molar refractivity (Wildman–Crippen MR) is 98.2 cm³/mol. The van der Waals surface area contributed by atoms with Gasteiger partial charge in [0.25, 0.3) is 0 Å². The Balaban J connectivity index is 1.77. The molecule has 0 saturated carbocycles. The minimum atomic E-state index is 0.400. The molecule has 6 nitrogen and oxygen atoms in total. The minimum Gasteiger partial charge on any atom is -0.444 e. The molecule has 0 unspecified atom stereocenters. The van der Waals surface area contributed by atoms with Crippen molar-refractivity contribution in [3.05, 3.63) is 17.3 Å². The summed E-state index contributed by atoms with van der Waals surface area (Å²) in [4.78, 5) is 11.7. The van der Waals surface area contributed by atoms with Crippen molar-refractivity contribution < 1.29 is 4.42 Å². The molecule has 0 radical (unpaired) electrons. The quantitative estimate of drug-likeness (QED) is 0.617. The first-order valence-electron chi connectivity index (χ1n) is 9.18. The molecule has 0 bridgehead atoms. The second-order valence-corrected chi connectivity index (χ2v) is 6.99. The highest BCUT2D eigenvalue weighted by molar-refractivity contribution is 5.79. The van der Waals surface area contributed by atoms with Crippen molar-refractivity contribution in [1.29, 1.82) is 0 Å². The lowest BCUT2D eigenvalue weighted by atomic mass is 9.97. The van der Waals surface area contributed by atoms with Crippen molar-refractivity contribution >= 4 is 5.96 Å². The Kier molecular flexibility index (Phi) is 7.09. The molecule has 136 valence electrons. The first-order chi connectivity index (χ1) is 11.5. The van der Waals surface area contributed by atoms with Gasteiger partial charge in [0, 0.05) is 19.1 Å². The number of hydrogen-bond acceptors (Lipinski definition) is 4. The Morgan fingerprint density at radius 3 is 2.58 bits per heavy atom. The third-order valence-corrected chi connectivity index (χ3v) is 4.42. The molecule has 24 heavy (non-hydrogen) atoms. The van der Waals surface area contributed by atoms with E-state index in [1.807, 2.05) is 13.8 Å². The zero-order chi connectivity index (χ0) is 17.5. The molecule has 1 aliphatic rings. The molecule has 0 atom stereocenters. The molecule has 0 aliphatic carbocycles. The maximum Gasteiger partial charge on any atom is 0.208 e. The topological polar surface area (TPSA) is 65.7 Å². The van der Waals surface area contributed by atoms with E-state index in [4.69, 9.17) is 9.41 Å². The van der Waals surface area contributed by atoms with E-state index >= 15 is 0 Å². The number of aromatic nitrogens is 1. The normalized spacial score (nSPS) is 17.5. The van der Waals surface area contributed by atoms with Gasteiger partial charge in [-0.3, -0.25) is 9.89 Å². The fourth-order valence-electron chi connectivity index (χ4n) is 2.94. The SMILES string of the molecule is CCNC(=NCC1CCN(Cc2nc(C)c(C)o2)CC1)NC(C)C. The first-order valence-corrected chi connectivity index (χ1v) is 9.18. The van der Waals surface area contributed by atoms with Crippen LogP contribution in [0.2, 0.25) is 0 Å². The Morgan fingerprint density at radius 2 is 2.04 bits per heavy atom. The molecule has 0 aromatic carbocycles. The molecule has 1 aromatic heterocycles. The Bertz CT molecular complexity index is 510. The number of nitrogens with zero attached hydrogens (tertiary/aromatic N) is 3. The molecule has 2 rings (SSSR count). The van der Waals surface area contributed by atoms with Crippen LogP contribution in [-0.4, -0.2) is 48.1 Å². The van der Waals surface area contributed by atoms with Gasteiger partial charge in [0.1, 0.15) is 5.76 Å². The van der Waals surface area contributed by atoms with Crippen molar-refractivity contribution in [1.82, 2.24) is 20.5 Å². The highest BCUT2D eigenvalue weighted by atomic mass is 16.4. The van der Waals surface area contributed by atoms with Gasteiger partial charge in [0.15, 0.2) is 5.96 Å². The number of piperidine rings is 1. The van der Waals surface area contributed by atoms with Crippen LogP contribution in [0.1, 0.15) is 51.0 Å². The van der Waals surface area contributed by atoms with Crippen LogP contribution in [0.25, 0.3) is 0 Å². The summed E-state index contributed by atoms with van der Waals surface area (Å²) in [6.45, 7) is 15.1. The van der Waals surface area contributed by atoms with Gasteiger partial charge in [-0.2, -0.15) is 0 Å². The molecule has 6 heteroatoms. The number of aliphatic imine (C=N–C) groups is 1. The molecule has 2 heterocycles. The Morgan fingerprint density at radius 1 is 1.33 bits per heavy atom. The highest BCUT2D eigenvalue weighted by Gasteiger charge is 2.20. The van der Waals surface area contributed by atoms with E-state index in [2.05, 4.69) is 41.3 Å². The summed E-state index contributed by atoms with van der Waals surface area (Å²) in [5, 5.41) is 6.69. The summed E-state index contributed by atoms with van der Waals surface area (Å²) in [5.74, 6) is 3.37. The summed E-state index contributed by atoms with van der Waals surface area (Å²) in [5.41, 5.74) is 1.00. The lowest BCUT2D eigenvalue weighted by Gasteiger charge is -2.30. The molecule has 1 fully saturated rings. The van der Waals surface area contributed by atoms with E-state index in [9.17, 15) is 0 Å². The van der Waals surface area contributed by atoms with E-state index in [0.717, 1.165) is 56.0 Å². The van der Waals surface area contributed by atoms with Crippen LogP contribution >= 0.6 is 0 Å². The Hall–Kier alpha value is -1.56. The van der Waals surface area contributed by atoms with E-state index in [1.54, 1.807) is 0 Å². The van der Waals surface area contributed by atoms with Gasteiger partial charge < -0.3 is 15.1 Å². The lowest BCUT2D eigenvalue weighted by Crippen LogP contribution is -2.41.